The standard InChI is InChI=1S/C23H29FN6O2/c1-16(26-22-25-7-6-21(27-22)30-11-12-32-23(30)31)17-4-5-18(20(24)13-17)14-28-9-10-29-8-2-3-19(29)15-28/h4-7,13,16,19H,2-3,8-12,14-15H2,1H3,(H,25,26,27). The predicted molar refractivity (Wildman–Crippen MR) is 119 cm³/mol. The molecular formula is C23H29FN6O2. The molecule has 1 aromatic carbocycles. The van der Waals surface area contributed by atoms with Crippen molar-refractivity contribution in [2.45, 2.75) is 38.4 Å². The number of carbonyl (C=O) groups is 1. The summed E-state index contributed by atoms with van der Waals surface area (Å²) in [4.78, 5) is 26.8. The number of aromatic nitrogens is 2. The number of hydrogen-bond acceptors (Lipinski definition) is 7. The van der Waals surface area contributed by atoms with Crippen LogP contribution >= 0.6 is 0 Å². The number of nitrogens with one attached hydrogen (secondary N) is 1. The van der Waals surface area contributed by atoms with Crippen LogP contribution in [0.2, 0.25) is 0 Å². The van der Waals surface area contributed by atoms with Crippen molar-refractivity contribution in [3.05, 3.63) is 47.4 Å². The zero-order valence-corrected chi connectivity index (χ0v) is 18.3. The van der Waals surface area contributed by atoms with Gasteiger partial charge >= 0.3 is 6.09 Å². The second-order valence-electron chi connectivity index (χ2n) is 8.79. The highest BCUT2D eigenvalue weighted by molar-refractivity contribution is 5.88. The third kappa shape index (κ3) is 4.40. The summed E-state index contributed by atoms with van der Waals surface area (Å²) >= 11 is 0. The van der Waals surface area contributed by atoms with Crippen LogP contribution in [0.4, 0.5) is 21.0 Å². The molecule has 1 aromatic heterocycles. The van der Waals surface area contributed by atoms with Gasteiger partial charge in [0, 0.05) is 44.0 Å². The number of nitrogens with zero attached hydrogens (tertiary/aromatic N) is 5. The maximum absolute atomic E-state index is 14.9. The summed E-state index contributed by atoms with van der Waals surface area (Å²) in [5, 5.41) is 3.21. The van der Waals surface area contributed by atoms with Gasteiger partial charge < -0.3 is 10.1 Å². The fourth-order valence-electron chi connectivity index (χ4n) is 4.85. The van der Waals surface area contributed by atoms with Crippen molar-refractivity contribution < 1.29 is 13.9 Å². The summed E-state index contributed by atoms with van der Waals surface area (Å²) < 4.78 is 19.9. The molecule has 0 aliphatic carbocycles. The van der Waals surface area contributed by atoms with E-state index in [9.17, 15) is 9.18 Å². The van der Waals surface area contributed by atoms with Crippen LogP contribution in [0.25, 0.3) is 0 Å². The van der Waals surface area contributed by atoms with E-state index >= 15 is 0 Å². The quantitative estimate of drug-likeness (QED) is 0.740. The summed E-state index contributed by atoms with van der Waals surface area (Å²) in [5.41, 5.74) is 1.56. The molecule has 4 heterocycles. The molecule has 1 N–H and O–H groups in total. The second kappa shape index (κ2) is 8.99. The van der Waals surface area contributed by atoms with Crippen LogP contribution in [0, 0.1) is 5.82 Å². The molecule has 9 heteroatoms. The Morgan fingerprint density at radius 1 is 1.25 bits per heavy atom. The van der Waals surface area contributed by atoms with Gasteiger partial charge in [0.15, 0.2) is 0 Å². The first-order valence-electron chi connectivity index (χ1n) is 11.4. The lowest BCUT2D eigenvalue weighted by Crippen LogP contribution is -2.49. The number of halogens is 1. The van der Waals surface area contributed by atoms with Crippen LogP contribution in [0.5, 0.6) is 0 Å². The third-order valence-electron chi connectivity index (χ3n) is 6.67. The number of amides is 1. The van der Waals surface area contributed by atoms with Gasteiger partial charge in [-0.05, 0) is 44.0 Å². The Balaban J connectivity index is 1.22. The molecule has 5 rings (SSSR count). The van der Waals surface area contributed by atoms with Crippen molar-refractivity contribution in [1.82, 2.24) is 19.8 Å². The summed E-state index contributed by atoms with van der Waals surface area (Å²) in [7, 11) is 0. The van der Waals surface area contributed by atoms with Gasteiger partial charge in [-0.3, -0.25) is 14.7 Å². The van der Waals surface area contributed by atoms with Crippen LogP contribution in [0.3, 0.4) is 0 Å². The molecule has 32 heavy (non-hydrogen) atoms. The number of piperazine rings is 1. The zero-order valence-electron chi connectivity index (χ0n) is 18.3. The summed E-state index contributed by atoms with van der Waals surface area (Å²) in [5.74, 6) is 0.689. The third-order valence-corrected chi connectivity index (χ3v) is 6.67. The van der Waals surface area contributed by atoms with Gasteiger partial charge in [-0.1, -0.05) is 12.1 Å². The molecule has 3 aliphatic rings. The minimum Gasteiger partial charge on any atom is -0.447 e. The van der Waals surface area contributed by atoms with Gasteiger partial charge in [0.25, 0.3) is 0 Å². The van der Waals surface area contributed by atoms with Crippen molar-refractivity contribution in [3.8, 4) is 0 Å². The van der Waals surface area contributed by atoms with Crippen LogP contribution < -0.4 is 10.2 Å². The molecule has 0 saturated carbocycles. The summed E-state index contributed by atoms with van der Waals surface area (Å²) in [6, 6.07) is 7.56. The Labute approximate surface area is 187 Å². The first-order valence-corrected chi connectivity index (χ1v) is 11.4. The van der Waals surface area contributed by atoms with E-state index in [0.717, 1.165) is 30.8 Å². The van der Waals surface area contributed by atoms with Crippen LogP contribution in [-0.2, 0) is 11.3 Å². The van der Waals surface area contributed by atoms with E-state index in [-0.39, 0.29) is 11.9 Å². The number of fused-ring (bicyclic) bond motifs is 1. The van der Waals surface area contributed by atoms with Crippen molar-refractivity contribution in [1.29, 1.82) is 0 Å². The highest BCUT2D eigenvalue weighted by Gasteiger charge is 2.30. The number of cyclic esters (lactones) is 1. The van der Waals surface area contributed by atoms with E-state index in [0.29, 0.717) is 37.5 Å². The highest BCUT2D eigenvalue weighted by atomic mass is 19.1. The molecule has 2 atom stereocenters. The number of benzene rings is 1. The first kappa shape index (κ1) is 21.1. The van der Waals surface area contributed by atoms with E-state index < -0.39 is 6.09 Å². The van der Waals surface area contributed by atoms with E-state index in [1.54, 1.807) is 18.3 Å². The van der Waals surface area contributed by atoms with Gasteiger partial charge in [0.2, 0.25) is 5.95 Å². The van der Waals surface area contributed by atoms with Crippen molar-refractivity contribution in [2.75, 3.05) is 49.5 Å². The van der Waals surface area contributed by atoms with Gasteiger partial charge in [0.1, 0.15) is 18.2 Å². The number of hydrogen-bond donors (Lipinski definition) is 1. The number of anilines is 2. The maximum atomic E-state index is 14.9. The number of rotatable bonds is 6. The fourth-order valence-corrected chi connectivity index (χ4v) is 4.85. The molecule has 170 valence electrons. The predicted octanol–water partition coefficient (Wildman–Crippen LogP) is 3.03. The van der Waals surface area contributed by atoms with Gasteiger partial charge in [-0.15, -0.1) is 0 Å². The van der Waals surface area contributed by atoms with E-state index in [1.807, 2.05) is 19.1 Å². The van der Waals surface area contributed by atoms with E-state index in [1.165, 1.54) is 24.3 Å². The Morgan fingerprint density at radius 3 is 2.97 bits per heavy atom. The average molecular weight is 441 g/mol. The van der Waals surface area contributed by atoms with Crippen molar-refractivity contribution in [2.24, 2.45) is 0 Å². The van der Waals surface area contributed by atoms with Crippen molar-refractivity contribution in [3.63, 3.8) is 0 Å². The Hall–Kier alpha value is -2.78. The SMILES string of the molecule is CC(Nc1nccc(N2CCOC2=O)n1)c1ccc(CN2CCN3CCCC3C2)c(F)c1. The smallest absolute Gasteiger partial charge is 0.415 e. The first-order chi connectivity index (χ1) is 15.6. The molecule has 3 aliphatic heterocycles. The lowest BCUT2D eigenvalue weighted by atomic mass is 10.0. The van der Waals surface area contributed by atoms with E-state index in [4.69, 9.17) is 4.74 Å². The average Bonchev–Trinajstić information content (AvgIpc) is 3.43. The minimum atomic E-state index is -0.408. The number of carbonyl (C=O) groups excluding carboxylic acids is 1. The van der Waals surface area contributed by atoms with Gasteiger partial charge in [-0.2, -0.15) is 4.98 Å². The molecule has 2 aromatic rings. The molecule has 2 unspecified atom stereocenters. The topological polar surface area (TPSA) is 73.8 Å². The minimum absolute atomic E-state index is 0.181. The monoisotopic (exact) mass is 440 g/mol. The lowest BCUT2D eigenvalue weighted by molar-refractivity contribution is 0.0985. The highest BCUT2D eigenvalue weighted by Crippen LogP contribution is 2.25. The van der Waals surface area contributed by atoms with Crippen LogP contribution in [-0.4, -0.2) is 71.2 Å². The van der Waals surface area contributed by atoms with Crippen LogP contribution in [0.15, 0.2) is 30.5 Å². The van der Waals surface area contributed by atoms with Crippen molar-refractivity contribution >= 4 is 17.9 Å². The fraction of sp³-hybridized carbons (Fsp3) is 0.522. The largest absolute Gasteiger partial charge is 0.447 e. The molecule has 3 fully saturated rings. The van der Waals surface area contributed by atoms with Crippen LogP contribution in [0.1, 0.15) is 36.9 Å². The lowest BCUT2D eigenvalue weighted by Gasteiger charge is -2.37. The number of ether oxygens (including phenoxy) is 1. The van der Waals surface area contributed by atoms with E-state index in [2.05, 4.69) is 25.1 Å². The second-order valence-corrected chi connectivity index (χ2v) is 8.79. The summed E-state index contributed by atoms with van der Waals surface area (Å²) in [6.45, 7) is 7.71. The Morgan fingerprint density at radius 2 is 2.16 bits per heavy atom. The molecule has 1 amide bonds. The maximum Gasteiger partial charge on any atom is 0.415 e. The molecule has 0 bridgehead atoms. The Bertz CT molecular complexity index is 989. The van der Waals surface area contributed by atoms with Gasteiger partial charge in [0.05, 0.1) is 12.6 Å². The molecule has 8 nitrogen and oxygen atoms in total. The molecule has 3 saturated heterocycles. The molecule has 0 radical (unpaired) electrons. The van der Waals surface area contributed by atoms with Gasteiger partial charge in [-0.25, -0.2) is 14.2 Å². The zero-order chi connectivity index (χ0) is 22.1. The molecular weight excluding hydrogens is 411 g/mol. The normalized spacial score (nSPS) is 22.6. The summed E-state index contributed by atoms with van der Waals surface area (Å²) in [6.07, 6.45) is 3.72. The molecule has 0 spiro atoms. The Kier molecular flexibility index (Phi) is 5.93.